The monoisotopic (exact) mass is 285 g/mol. The van der Waals surface area contributed by atoms with Crippen LogP contribution in [0.25, 0.3) is 5.69 Å². The molecule has 0 radical (unpaired) electrons. The topological polar surface area (TPSA) is 41.3 Å². The molecule has 1 fully saturated rings. The maximum atomic E-state index is 9.24. The van der Waals surface area contributed by atoms with Crippen LogP contribution in [0.2, 0.25) is 0 Å². The zero-order valence-electron chi connectivity index (χ0n) is 12.8. The Morgan fingerprint density at radius 1 is 1.29 bits per heavy atom. The van der Waals surface area contributed by atoms with E-state index in [2.05, 4.69) is 47.3 Å². The SMILES string of the molecule is Cc1cc(C)n(-c2cccc(CN3CC[C@H](CO)C3)c2)n1. The van der Waals surface area contributed by atoms with Crippen LogP contribution < -0.4 is 0 Å². The van der Waals surface area contributed by atoms with Crippen LogP contribution in [-0.2, 0) is 6.54 Å². The van der Waals surface area contributed by atoms with Crippen LogP contribution in [0.3, 0.4) is 0 Å². The van der Waals surface area contributed by atoms with E-state index in [-0.39, 0.29) is 0 Å². The second-order valence-electron chi connectivity index (χ2n) is 6.08. The first-order chi connectivity index (χ1) is 10.2. The number of aryl methyl sites for hydroxylation is 2. The van der Waals surface area contributed by atoms with E-state index >= 15 is 0 Å². The maximum Gasteiger partial charge on any atom is 0.0651 e. The predicted octanol–water partition coefficient (Wildman–Crippen LogP) is 2.30. The van der Waals surface area contributed by atoms with Crippen molar-refractivity contribution in [3.63, 3.8) is 0 Å². The van der Waals surface area contributed by atoms with Gasteiger partial charge in [0.1, 0.15) is 0 Å². The number of aliphatic hydroxyl groups is 1. The van der Waals surface area contributed by atoms with E-state index in [1.54, 1.807) is 0 Å². The van der Waals surface area contributed by atoms with Crippen molar-refractivity contribution in [1.29, 1.82) is 0 Å². The molecule has 4 heteroatoms. The van der Waals surface area contributed by atoms with Gasteiger partial charge in [-0.25, -0.2) is 4.68 Å². The fraction of sp³-hybridized carbons (Fsp3) is 0.471. The molecular formula is C17H23N3O. The standard InChI is InChI=1S/C17H23N3O/c1-13-8-14(2)20(18-13)17-5-3-4-15(9-17)10-19-7-6-16(11-19)12-21/h3-5,8-9,16,21H,6-7,10-12H2,1-2H3/t16-/m0/s1. The minimum Gasteiger partial charge on any atom is -0.396 e. The second-order valence-corrected chi connectivity index (χ2v) is 6.08. The normalized spacial score (nSPS) is 19.3. The van der Waals surface area contributed by atoms with Gasteiger partial charge in [0, 0.05) is 25.4 Å². The molecule has 0 amide bonds. The second kappa shape index (κ2) is 6.00. The van der Waals surface area contributed by atoms with Gasteiger partial charge >= 0.3 is 0 Å². The Hall–Kier alpha value is -1.65. The summed E-state index contributed by atoms with van der Waals surface area (Å²) in [5.74, 6) is 0.448. The first kappa shape index (κ1) is 14.3. The molecule has 112 valence electrons. The Morgan fingerprint density at radius 2 is 2.14 bits per heavy atom. The van der Waals surface area contributed by atoms with Crippen LogP contribution in [0.4, 0.5) is 0 Å². The molecule has 1 aromatic heterocycles. The number of aromatic nitrogens is 2. The average Bonchev–Trinajstić information content (AvgIpc) is 3.05. The Labute approximate surface area is 126 Å². The molecule has 21 heavy (non-hydrogen) atoms. The van der Waals surface area contributed by atoms with Crippen molar-refractivity contribution >= 4 is 0 Å². The van der Waals surface area contributed by atoms with Crippen LogP contribution >= 0.6 is 0 Å². The molecule has 0 aliphatic carbocycles. The first-order valence-corrected chi connectivity index (χ1v) is 7.61. The summed E-state index contributed by atoms with van der Waals surface area (Å²) in [7, 11) is 0. The summed E-state index contributed by atoms with van der Waals surface area (Å²) in [5.41, 5.74) is 4.63. The first-order valence-electron chi connectivity index (χ1n) is 7.61. The minimum atomic E-state index is 0.308. The fourth-order valence-electron chi connectivity index (χ4n) is 3.14. The molecule has 0 saturated carbocycles. The van der Waals surface area contributed by atoms with E-state index in [1.165, 1.54) is 5.56 Å². The lowest BCUT2D eigenvalue weighted by molar-refractivity contribution is 0.220. The fourth-order valence-corrected chi connectivity index (χ4v) is 3.14. The van der Waals surface area contributed by atoms with Gasteiger partial charge < -0.3 is 5.11 Å². The van der Waals surface area contributed by atoms with Crippen LogP contribution in [0, 0.1) is 19.8 Å². The zero-order valence-corrected chi connectivity index (χ0v) is 12.8. The molecule has 0 unspecified atom stereocenters. The highest BCUT2D eigenvalue weighted by Gasteiger charge is 2.21. The van der Waals surface area contributed by atoms with E-state index < -0.39 is 0 Å². The predicted molar refractivity (Wildman–Crippen MR) is 83.5 cm³/mol. The lowest BCUT2D eigenvalue weighted by Crippen LogP contribution is -2.21. The van der Waals surface area contributed by atoms with Gasteiger partial charge in [-0.15, -0.1) is 0 Å². The molecule has 2 aromatic rings. The van der Waals surface area contributed by atoms with E-state index in [9.17, 15) is 5.11 Å². The van der Waals surface area contributed by atoms with Gasteiger partial charge in [0.2, 0.25) is 0 Å². The van der Waals surface area contributed by atoms with E-state index in [4.69, 9.17) is 0 Å². The van der Waals surface area contributed by atoms with Crippen LogP contribution in [0.15, 0.2) is 30.3 Å². The smallest absolute Gasteiger partial charge is 0.0651 e. The number of aliphatic hydroxyl groups excluding tert-OH is 1. The van der Waals surface area contributed by atoms with E-state index in [1.807, 2.05) is 11.6 Å². The molecule has 0 spiro atoms. The molecule has 1 aliphatic heterocycles. The third-order valence-corrected chi connectivity index (χ3v) is 4.20. The Kier molecular flexibility index (Phi) is 4.08. The molecule has 3 rings (SSSR count). The molecule has 1 aliphatic rings. The largest absolute Gasteiger partial charge is 0.396 e. The zero-order chi connectivity index (χ0) is 14.8. The Bertz CT molecular complexity index is 620. The van der Waals surface area contributed by atoms with Crippen molar-refractivity contribution in [2.24, 2.45) is 5.92 Å². The van der Waals surface area contributed by atoms with Crippen molar-refractivity contribution < 1.29 is 5.11 Å². The van der Waals surface area contributed by atoms with Gasteiger partial charge in [0.15, 0.2) is 0 Å². The molecule has 0 bridgehead atoms. The Morgan fingerprint density at radius 3 is 2.81 bits per heavy atom. The summed E-state index contributed by atoms with van der Waals surface area (Å²) < 4.78 is 2.00. The number of hydrogen-bond donors (Lipinski definition) is 1. The van der Waals surface area contributed by atoms with E-state index in [0.717, 1.165) is 43.1 Å². The molecule has 1 N–H and O–H groups in total. The van der Waals surface area contributed by atoms with Gasteiger partial charge in [0.05, 0.1) is 11.4 Å². The number of nitrogens with zero attached hydrogens (tertiary/aromatic N) is 3. The summed E-state index contributed by atoms with van der Waals surface area (Å²) >= 11 is 0. The van der Waals surface area contributed by atoms with Gasteiger partial charge in [-0.2, -0.15) is 5.10 Å². The molecule has 1 saturated heterocycles. The van der Waals surface area contributed by atoms with Crippen molar-refractivity contribution in [1.82, 2.24) is 14.7 Å². The minimum absolute atomic E-state index is 0.308. The summed E-state index contributed by atoms with van der Waals surface area (Å²) in [6, 6.07) is 10.7. The summed E-state index contributed by atoms with van der Waals surface area (Å²) in [4.78, 5) is 2.42. The van der Waals surface area contributed by atoms with Crippen LogP contribution in [0.5, 0.6) is 0 Å². The maximum absolute atomic E-state index is 9.24. The summed E-state index contributed by atoms with van der Waals surface area (Å²) in [6.07, 6.45) is 1.10. The quantitative estimate of drug-likeness (QED) is 0.937. The van der Waals surface area contributed by atoms with Crippen molar-refractivity contribution in [3.05, 3.63) is 47.3 Å². The summed E-state index contributed by atoms with van der Waals surface area (Å²) in [6.45, 7) is 7.44. The lowest BCUT2D eigenvalue weighted by atomic mass is 10.1. The third-order valence-electron chi connectivity index (χ3n) is 4.20. The van der Waals surface area contributed by atoms with Crippen LogP contribution in [-0.4, -0.2) is 39.5 Å². The molecule has 1 aromatic carbocycles. The number of rotatable bonds is 4. The lowest BCUT2D eigenvalue weighted by Gasteiger charge is -2.16. The van der Waals surface area contributed by atoms with Crippen LogP contribution in [0.1, 0.15) is 23.4 Å². The van der Waals surface area contributed by atoms with Gasteiger partial charge in [-0.3, -0.25) is 4.90 Å². The molecular weight excluding hydrogens is 262 g/mol. The van der Waals surface area contributed by atoms with Gasteiger partial charge in [-0.1, -0.05) is 12.1 Å². The highest BCUT2D eigenvalue weighted by Crippen LogP contribution is 2.20. The average molecular weight is 285 g/mol. The van der Waals surface area contributed by atoms with Crippen molar-refractivity contribution in [2.45, 2.75) is 26.8 Å². The molecule has 4 nitrogen and oxygen atoms in total. The number of likely N-dealkylation sites (tertiary alicyclic amines) is 1. The highest BCUT2D eigenvalue weighted by molar-refractivity contribution is 5.37. The number of hydrogen-bond acceptors (Lipinski definition) is 3. The third kappa shape index (κ3) is 3.17. The molecule has 2 heterocycles. The molecule has 1 atom stereocenters. The van der Waals surface area contributed by atoms with Gasteiger partial charge in [-0.05, 0) is 56.5 Å². The summed E-state index contributed by atoms with van der Waals surface area (Å²) in [5, 5.41) is 13.8. The van der Waals surface area contributed by atoms with Crippen molar-refractivity contribution in [3.8, 4) is 5.69 Å². The number of benzene rings is 1. The van der Waals surface area contributed by atoms with Gasteiger partial charge in [0.25, 0.3) is 0 Å². The van der Waals surface area contributed by atoms with Crippen molar-refractivity contribution in [2.75, 3.05) is 19.7 Å². The highest BCUT2D eigenvalue weighted by atomic mass is 16.3. The Balaban J connectivity index is 1.76. The van der Waals surface area contributed by atoms with E-state index in [0.29, 0.717) is 12.5 Å².